The lowest BCUT2D eigenvalue weighted by Crippen LogP contribution is -2.10. The summed E-state index contributed by atoms with van der Waals surface area (Å²) in [6.45, 7) is 0. The summed E-state index contributed by atoms with van der Waals surface area (Å²) in [6, 6.07) is 9.54. The summed E-state index contributed by atoms with van der Waals surface area (Å²) in [5, 5.41) is 8.75. The molecule has 7 heteroatoms. The minimum atomic E-state index is -4.47. The first-order valence-corrected chi connectivity index (χ1v) is 6.28. The van der Waals surface area contributed by atoms with Gasteiger partial charge in [0.05, 0.1) is 27.8 Å². The zero-order chi connectivity index (χ0) is 16.3. The van der Waals surface area contributed by atoms with Crippen LogP contribution in [0.15, 0.2) is 42.5 Å². The van der Waals surface area contributed by atoms with E-state index in [0.717, 1.165) is 24.3 Å². The van der Waals surface area contributed by atoms with E-state index in [1.807, 2.05) is 6.07 Å². The molecule has 0 atom stereocenters. The van der Waals surface area contributed by atoms with Gasteiger partial charge >= 0.3 is 12.1 Å². The molecule has 0 aliphatic heterocycles. The molecule has 0 fully saturated rings. The third-order valence-corrected chi connectivity index (χ3v) is 3.01. The van der Waals surface area contributed by atoms with E-state index in [1.165, 1.54) is 18.2 Å². The molecule has 2 aromatic carbocycles. The molecule has 0 saturated heterocycles. The fourth-order valence-corrected chi connectivity index (χ4v) is 1.83. The first kappa shape index (κ1) is 15.9. The van der Waals surface area contributed by atoms with E-state index in [0.29, 0.717) is 5.56 Å². The number of rotatable bonds is 2. The molecular weight excluding hydrogens is 319 g/mol. The van der Waals surface area contributed by atoms with E-state index in [9.17, 15) is 18.0 Å². The monoisotopic (exact) mass is 325 g/mol. The van der Waals surface area contributed by atoms with Gasteiger partial charge in [-0.1, -0.05) is 11.6 Å². The van der Waals surface area contributed by atoms with Gasteiger partial charge in [0.1, 0.15) is 5.75 Å². The molecule has 0 bridgehead atoms. The van der Waals surface area contributed by atoms with E-state index < -0.39 is 17.7 Å². The number of hydrogen-bond acceptors (Lipinski definition) is 3. The van der Waals surface area contributed by atoms with Gasteiger partial charge < -0.3 is 4.74 Å². The van der Waals surface area contributed by atoms with Crippen molar-refractivity contribution in [3.63, 3.8) is 0 Å². The van der Waals surface area contributed by atoms with Crippen molar-refractivity contribution in [2.75, 3.05) is 0 Å². The first-order chi connectivity index (χ1) is 10.3. The first-order valence-electron chi connectivity index (χ1n) is 5.90. The third kappa shape index (κ3) is 3.57. The Morgan fingerprint density at radius 3 is 2.27 bits per heavy atom. The molecule has 3 nitrogen and oxygen atoms in total. The predicted octanol–water partition coefficient (Wildman–Crippen LogP) is 4.45. The van der Waals surface area contributed by atoms with Crippen molar-refractivity contribution in [3.05, 3.63) is 64.2 Å². The number of benzene rings is 2. The van der Waals surface area contributed by atoms with Crippen molar-refractivity contribution >= 4 is 17.6 Å². The maximum atomic E-state index is 12.4. The summed E-state index contributed by atoms with van der Waals surface area (Å²) < 4.78 is 42.3. The van der Waals surface area contributed by atoms with E-state index in [4.69, 9.17) is 21.6 Å². The molecule has 0 aliphatic carbocycles. The molecule has 0 unspecified atom stereocenters. The van der Waals surface area contributed by atoms with Gasteiger partial charge in [-0.05, 0) is 42.5 Å². The molecule has 0 N–H and O–H groups in total. The highest BCUT2D eigenvalue weighted by atomic mass is 35.5. The Kier molecular flexibility index (Phi) is 4.38. The average Bonchev–Trinajstić information content (AvgIpc) is 2.48. The highest BCUT2D eigenvalue weighted by Crippen LogP contribution is 2.30. The fourth-order valence-electron chi connectivity index (χ4n) is 1.61. The fraction of sp³-hybridized carbons (Fsp3) is 0.0667. The molecule has 2 aromatic rings. The lowest BCUT2D eigenvalue weighted by molar-refractivity contribution is -0.137. The van der Waals surface area contributed by atoms with Gasteiger partial charge in [0.25, 0.3) is 0 Å². The van der Waals surface area contributed by atoms with E-state index in [1.54, 1.807) is 0 Å². The van der Waals surface area contributed by atoms with Gasteiger partial charge in [0.2, 0.25) is 0 Å². The van der Waals surface area contributed by atoms with Crippen molar-refractivity contribution in [3.8, 4) is 11.8 Å². The molecule has 0 aliphatic rings. The quantitative estimate of drug-likeness (QED) is 0.605. The Bertz CT molecular complexity index is 749. The summed E-state index contributed by atoms with van der Waals surface area (Å²) in [4.78, 5) is 11.9. The molecule has 0 saturated carbocycles. The minimum absolute atomic E-state index is 0.0190. The molecule has 0 heterocycles. The molecular formula is C15H7ClF3NO2. The van der Waals surface area contributed by atoms with Crippen LogP contribution < -0.4 is 4.74 Å². The van der Waals surface area contributed by atoms with Crippen LogP contribution >= 0.6 is 11.6 Å². The molecule has 112 valence electrons. The minimum Gasteiger partial charge on any atom is -0.421 e. The van der Waals surface area contributed by atoms with Crippen LogP contribution in [0, 0.1) is 11.3 Å². The van der Waals surface area contributed by atoms with Crippen LogP contribution in [0.4, 0.5) is 13.2 Å². The number of alkyl halides is 3. The highest BCUT2D eigenvalue weighted by molar-refractivity contribution is 6.32. The molecule has 0 aromatic heterocycles. The largest absolute Gasteiger partial charge is 0.421 e. The lowest BCUT2D eigenvalue weighted by atomic mass is 10.1. The Hall–Kier alpha value is -2.52. The molecule has 0 radical (unpaired) electrons. The summed E-state index contributed by atoms with van der Waals surface area (Å²) in [5.41, 5.74) is -0.617. The Morgan fingerprint density at radius 2 is 1.77 bits per heavy atom. The van der Waals surface area contributed by atoms with Crippen LogP contribution in [0.2, 0.25) is 5.02 Å². The van der Waals surface area contributed by atoms with Gasteiger partial charge in [0.15, 0.2) is 0 Å². The van der Waals surface area contributed by atoms with Crippen LogP contribution in [0.25, 0.3) is 0 Å². The summed E-state index contributed by atoms with van der Waals surface area (Å²) in [7, 11) is 0. The van der Waals surface area contributed by atoms with Crippen molar-refractivity contribution < 1.29 is 22.7 Å². The number of halogens is 4. The van der Waals surface area contributed by atoms with Gasteiger partial charge in [-0.25, -0.2) is 4.79 Å². The summed E-state index contributed by atoms with van der Waals surface area (Å²) >= 11 is 5.85. The zero-order valence-electron chi connectivity index (χ0n) is 10.8. The highest BCUT2D eigenvalue weighted by Gasteiger charge is 2.30. The van der Waals surface area contributed by atoms with Crippen molar-refractivity contribution in [2.45, 2.75) is 6.18 Å². The predicted molar refractivity (Wildman–Crippen MR) is 72.6 cm³/mol. The van der Waals surface area contributed by atoms with Crippen LogP contribution in [-0.2, 0) is 6.18 Å². The number of esters is 1. The SMILES string of the molecule is N#Cc1ccc(OC(=O)c2ccc(C(F)(F)F)cc2)c(Cl)c1. The van der Waals surface area contributed by atoms with E-state index in [-0.39, 0.29) is 16.3 Å². The zero-order valence-corrected chi connectivity index (χ0v) is 11.6. The normalized spacial score (nSPS) is 10.9. The van der Waals surface area contributed by atoms with E-state index >= 15 is 0 Å². The second-order valence-corrected chi connectivity index (χ2v) is 4.63. The van der Waals surface area contributed by atoms with Gasteiger partial charge in [-0.15, -0.1) is 0 Å². The number of carbonyl (C=O) groups is 1. The lowest BCUT2D eigenvalue weighted by Gasteiger charge is -2.08. The molecule has 0 spiro atoms. The molecule has 22 heavy (non-hydrogen) atoms. The topological polar surface area (TPSA) is 50.1 Å². The number of hydrogen-bond donors (Lipinski definition) is 0. The molecule has 0 amide bonds. The maximum Gasteiger partial charge on any atom is 0.416 e. The second kappa shape index (κ2) is 6.08. The standard InChI is InChI=1S/C15H7ClF3NO2/c16-12-7-9(8-20)1-6-13(12)22-14(21)10-2-4-11(5-3-10)15(17,18)19/h1-7H. The number of ether oxygens (including phenoxy) is 1. The number of carbonyl (C=O) groups excluding carboxylic acids is 1. The molecule has 2 rings (SSSR count). The van der Waals surface area contributed by atoms with Crippen LogP contribution in [0.5, 0.6) is 5.75 Å². The Labute approximate surface area is 128 Å². The Morgan fingerprint density at radius 1 is 1.14 bits per heavy atom. The number of nitrogens with zero attached hydrogens (tertiary/aromatic N) is 1. The van der Waals surface area contributed by atoms with Crippen molar-refractivity contribution in [1.29, 1.82) is 5.26 Å². The van der Waals surface area contributed by atoms with Crippen molar-refractivity contribution in [1.82, 2.24) is 0 Å². The second-order valence-electron chi connectivity index (χ2n) is 4.22. The van der Waals surface area contributed by atoms with Gasteiger partial charge in [-0.3, -0.25) is 0 Å². The maximum absolute atomic E-state index is 12.4. The summed E-state index contributed by atoms with van der Waals surface area (Å²) in [5.74, 6) is -0.828. The Balaban J connectivity index is 2.18. The average molecular weight is 326 g/mol. The smallest absolute Gasteiger partial charge is 0.416 e. The van der Waals surface area contributed by atoms with Gasteiger partial charge in [0, 0.05) is 0 Å². The third-order valence-electron chi connectivity index (χ3n) is 2.71. The van der Waals surface area contributed by atoms with E-state index in [2.05, 4.69) is 0 Å². The van der Waals surface area contributed by atoms with Crippen LogP contribution in [-0.4, -0.2) is 5.97 Å². The summed E-state index contributed by atoms with van der Waals surface area (Å²) in [6.07, 6.45) is -4.47. The van der Waals surface area contributed by atoms with Crippen molar-refractivity contribution in [2.24, 2.45) is 0 Å². The van der Waals surface area contributed by atoms with Gasteiger partial charge in [-0.2, -0.15) is 18.4 Å². The van der Waals surface area contributed by atoms with Crippen LogP contribution in [0.3, 0.4) is 0 Å². The van der Waals surface area contributed by atoms with Crippen LogP contribution in [0.1, 0.15) is 21.5 Å². The number of nitriles is 1.